The molecule has 29 nitrogen and oxygen atoms in total. The molecule has 1 aromatic carbocycles. The molecule has 0 unspecified atom stereocenters. The van der Waals surface area contributed by atoms with Crippen molar-refractivity contribution >= 4 is 93.7 Å². The summed E-state index contributed by atoms with van der Waals surface area (Å²) in [4.78, 5) is 169. The normalized spacial score (nSPS) is 13.4. The molecule has 3 rings (SSSR count). The Morgan fingerprint density at radius 1 is 0.694 bits per heavy atom. The smallest absolute Gasteiger partial charge is 0.326 e. The predicted octanol–water partition coefficient (Wildman–Crippen LogP) is -1.85. The number of amides is 3. The van der Waals surface area contributed by atoms with E-state index >= 15 is 0 Å². The minimum Gasteiger partial charge on any atom is -0.481 e. The van der Waals surface area contributed by atoms with E-state index in [1.165, 1.54) is 30.5 Å². The number of aromatic amines is 1. The summed E-state index contributed by atoms with van der Waals surface area (Å²) in [6, 6.07) is 0.670. The molecule has 0 bridgehead atoms. The van der Waals surface area contributed by atoms with Gasteiger partial charge in [0, 0.05) is 43.5 Å². The number of H-pyrrole nitrogens is 1. The number of aliphatic carboxylic acids is 5. The van der Waals surface area contributed by atoms with Crippen LogP contribution >= 0.6 is 0 Å². The number of hydrogen-bond donors (Lipinski definition) is 13. The number of carbonyl (C=O) groups is 11. The number of fused-ring (bicyclic) bond motifs is 1. The molecule has 0 aliphatic heterocycles. The van der Waals surface area contributed by atoms with Crippen LogP contribution < -0.4 is 44.0 Å². The van der Waals surface area contributed by atoms with Gasteiger partial charge in [0.25, 0.3) is 11.5 Å². The number of carboxylic acids is 5. The van der Waals surface area contributed by atoms with Crippen LogP contribution in [-0.2, 0) is 54.5 Å². The summed E-state index contributed by atoms with van der Waals surface area (Å²) in [5.41, 5.74) is 16.6. The Hall–Kier alpha value is -8.92. The number of anilines is 2. The number of guanidine groups is 1. The predicted molar refractivity (Wildman–Crippen MR) is 247 cm³/mol. The fourth-order valence-electron chi connectivity index (χ4n) is 6.84. The van der Waals surface area contributed by atoms with E-state index in [1.54, 1.807) is 0 Å². The first-order chi connectivity index (χ1) is 33.8. The third-order valence-electron chi connectivity index (χ3n) is 10.6. The zero-order valence-corrected chi connectivity index (χ0v) is 38.5. The Morgan fingerprint density at radius 2 is 1.28 bits per heavy atom. The summed E-state index contributed by atoms with van der Waals surface area (Å²) in [6.45, 7) is 1.14. The standard InChI is InChI=1S/C43H54N12O17/c1-19(40(69)70)11-29(57)28(16-33(63)64)53-38(67)22(15-32(61)62)13-30(58)26(3-2-10-47-42(44)45)51-37(66)21(14-31(59)60)12-25(56)8-9-27(41(71)72)52-36(65)20-4-6-23(7-5-20)48-17-24-18-49-35-34(50-24)39(68)55-43(46)54-35/h4-7,18-19,21-22,26-28,48H,2-3,8-17H2,1H3,(H,51,66)(H,52,65)(H,53,67)(H,59,60)(H,61,62)(H,63,64)(H,69,70)(H,71,72)(H4,44,45,47)(H3,46,49,54,55,68)/t19-,21-,22-,26-,27-,28-/m0/s1. The molecule has 29 heteroatoms. The maximum absolute atomic E-state index is 13.8. The van der Waals surface area contributed by atoms with Crippen molar-refractivity contribution in [2.45, 2.75) is 95.8 Å². The van der Waals surface area contributed by atoms with E-state index in [9.17, 15) is 83.1 Å². The van der Waals surface area contributed by atoms with Crippen molar-refractivity contribution in [3.05, 3.63) is 52.1 Å². The number of nitrogens with zero attached hydrogens (tertiary/aromatic N) is 4. The van der Waals surface area contributed by atoms with Crippen LogP contribution in [-0.4, -0.2) is 141 Å². The minimum absolute atomic E-state index is 0.0226. The molecule has 6 atom stereocenters. The Morgan fingerprint density at radius 3 is 1.85 bits per heavy atom. The third kappa shape index (κ3) is 19.2. The molecule has 0 saturated heterocycles. The van der Waals surface area contributed by atoms with Crippen molar-refractivity contribution in [2.75, 3.05) is 17.6 Å². The first-order valence-corrected chi connectivity index (χ1v) is 21.8. The lowest BCUT2D eigenvalue weighted by molar-refractivity contribution is -0.145. The van der Waals surface area contributed by atoms with Crippen LogP contribution in [0.3, 0.4) is 0 Å². The van der Waals surface area contributed by atoms with Crippen molar-refractivity contribution in [1.82, 2.24) is 35.9 Å². The van der Waals surface area contributed by atoms with Gasteiger partial charge in [0.1, 0.15) is 11.8 Å². The van der Waals surface area contributed by atoms with E-state index in [4.69, 9.17) is 17.2 Å². The molecule has 0 aliphatic rings. The number of nitrogen functional groups attached to an aromatic ring is 1. The number of benzene rings is 1. The molecule has 388 valence electrons. The van der Waals surface area contributed by atoms with E-state index in [0.717, 1.165) is 6.92 Å². The van der Waals surface area contributed by atoms with Gasteiger partial charge in [0.2, 0.25) is 17.8 Å². The number of carbonyl (C=O) groups excluding carboxylic acids is 6. The summed E-state index contributed by atoms with van der Waals surface area (Å²) >= 11 is 0. The van der Waals surface area contributed by atoms with Crippen molar-refractivity contribution in [1.29, 1.82) is 0 Å². The Kier molecular flexibility index (Phi) is 21.8. The number of aliphatic imine (C=N–C) groups is 1. The second kappa shape index (κ2) is 27.3. The molecule has 0 aliphatic carbocycles. The highest BCUT2D eigenvalue weighted by molar-refractivity contribution is 5.99. The van der Waals surface area contributed by atoms with Gasteiger partial charge in [-0.1, -0.05) is 6.92 Å². The van der Waals surface area contributed by atoms with Gasteiger partial charge in [0.05, 0.1) is 67.5 Å². The highest BCUT2D eigenvalue weighted by Crippen LogP contribution is 2.19. The van der Waals surface area contributed by atoms with Gasteiger partial charge in [-0.15, -0.1) is 0 Å². The van der Waals surface area contributed by atoms with Gasteiger partial charge in [-0.3, -0.25) is 62.7 Å². The van der Waals surface area contributed by atoms with Gasteiger partial charge in [-0.25, -0.2) is 14.8 Å². The number of hydrogen-bond acceptors (Lipinski definition) is 18. The van der Waals surface area contributed by atoms with Crippen LogP contribution in [0.25, 0.3) is 11.2 Å². The van der Waals surface area contributed by atoms with E-state index in [-0.39, 0.29) is 54.6 Å². The van der Waals surface area contributed by atoms with Gasteiger partial charge < -0.3 is 64.0 Å². The quantitative estimate of drug-likeness (QED) is 0.0185. The summed E-state index contributed by atoms with van der Waals surface area (Å²) in [5.74, 6) is -19.0. The maximum Gasteiger partial charge on any atom is 0.326 e. The number of nitrogens with one attached hydrogen (secondary N) is 5. The fraction of sp³-hybridized carbons (Fsp3) is 0.442. The zero-order chi connectivity index (χ0) is 53.8. The molecule has 72 heavy (non-hydrogen) atoms. The highest BCUT2D eigenvalue weighted by atomic mass is 16.4. The second-order valence-corrected chi connectivity index (χ2v) is 16.4. The van der Waals surface area contributed by atoms with Gasteiger partial charge in [0.15, 0.2) is 28.7 Å². The Bertz CT molecular complexity index is 2640. The van der Waals surface area contributed by atoms with Gasteiger partial charge >= 0.3 is 29.8 Å². The Labute approximate surface area is 406 Å². The molecule has 3 amide bonds. The monoisotopic (exact) mass is 1010 g/mol. The first kappa shape index (κ1) is 57.4. The summed E-state index contributed by atoms with van der Waals surface area (Å²) in [7, 11) is 0. The average molecular weight is 1010 g/mol. The fourth-order valence-corrected chi connectivity index (χ4v) is 6.84. The second-order valence-electron chi connectivity index (χ2n) is 16.4. The number of ketones is 3. The molecule has 0 spiro atoms. The summed E-state index contributed by atoms with van der Waals surface area (Å²) in [6.07, 6.45) is -5.52. The van der Waals surface area contributed by atoms with Crippen LogP contribution in [0.4, 0.5) is 11.6 Å². The van der Waals surface area contributed by atoms with Crippen molar-refractivity contribution in [3.8, 4) is 0 Å². The third-order valence-corrected chi connectivity index (χ3v) is 10.6. The topological polar surface area (TPSA) is 499 Å². The van der Waals surface area contributed by atoms with Gasteiger partial charge in [-0.05, 0) is 43.5 Å². The summed E-state index contributed by atoms with van der Waals surface area (Å²) in [5, 5.41) is 57.3. The van der Waals surface area contributed by atoms with Gasteiger partial charge in [-0.2, -0.15) is 4.98 Å². The van der Waals surface area contributed by atoms with Crippen LogP contribution in [0.2, 0.25) is 0 Å². The number of carboxylic acid groups (broad SMARTS) is 5. The first-order valence-electron chi connectivity index (χ1n) is 21.8. The van der Waals surface area contributed by atoms with E-state index in [1.807, 2.05) is 0 Å². The molecular formula is C43H54N12O17. The lowest BCUT2D eigenvalue weighted by Gasteiger charge is -2.24. The summed E-state index contributed by atoms with van der Waals surface area (Å²) < 4.78 is 0. The highest BCUT2D eigenvalue weighted by Gasteiger charge is 2.35. The number of Topliss-reactive ketones (excluding diaryl/α,β-unsaturated/α-hetero) is 3. The number of aromatic nitrogens is 4. The van der Waals surface area contributed by atoms with Crippen LogP contribution in [0, 0.1) is 17.8 Å². The lowest BCUT2D eigenvalue weighted by Crippen LogP contribution is -2.48. The van der Waals surface area contributed by atoms with Crippen LogP contribution in [0.5, 0.6) is 0 Å². The van der Waals surface area contributed by atoms with E-state index in [2.05, 4.69) is 46.2 Å². The molecular weight excluding hydrogens is 957 g/mol. The van der Waals surface area contributed by atoms with Crippen LogP contribution in [0.15, 0.2) is 40.2 Å². The molecule has 0 radical (unpaired) electrons. The maximum atomic E-state index is 13.8. The van der Waals surface area contributed by atoms with Crippen molar-refractivity contribution in [3.63, 3.8) is 0 Å². The molecule has 16 N–H and O–H groups in total. The Balaban J connectivity index is 1.70. The molecule has 2 heterocycles. The number of nitrogens with two attached hydrogens (primary N) is 3. The van der Waals surface area contributed by atoms with Crippen molar-refractivity contribution in [2.24, 2.45) is 34.2 Å². The molecule has 3 aromatic rings. The molecule has 0 fully saturated rings. The lowest BCUT2D eigenvalue weighted by atomic mass is 9.90. The SMILES string of the molecule is C[C@@H](CC(=O)[C@H](CC(=O)O)NC(=O)[C@H](CC(=O)O)CC(=O)[C@H](CCCN=C(N)N)NC(=O)[C@H](CC(=O)O)CC(=O)CC[C@H](NC(=O)c1ccc(NCc2cnc3nc(N)[nH]c(=O)c3n2)cc1)C(=O)O)C(=O)O. The largest absolute Gasteiger partial charge is 0.481 e. The molecule has 0 saturated carbocycles. The minimum atomic E-state index is -1.82. The van der Waals surface area contributed by atoms with E-state index in [0.29, 0.717) is 11.4 Å². The average Bonchev–Trinajstić information content (AvgIpc) is 3.29. The molecule has 2 aromatic heterocycles. The zero-order valence-electron chi connectivity index (χ0n) is 38.5. The number of rotatable bonds is 32. The van der Waals surface area contributed by atoms with Crippen LogP contribution in [0.1, 0.15) is 87.2 Å². The van der Waals surface area contributed by atoms with E-state index < -0.39 is 158 Å². The van der Waals surface area contributed by atoms with Crippen molar-refractivity contribution < 1.29 is 78.3 Å².